The summed E-state index contributed by atoms with van der Waals surface area (Å²) >= 11 is 3.60. The molecule has 2 N–H and O–H groups in total. The number of halogens is 2. The molecule has 1 heterocycles. The smallest absolute Gasteiger partial charge is 0.0449 e. The van der Waals surface area contributed by atoms with Crippen LogP contribution in [0.25, 0.3) is 0 Å². The summed E-state index contributed by atoms with van der Waals surface area (Å²) in [6, 6.07) is 6.85. The quantitative estimate of drug-likeness (QED) is 0.877. The van der Waals surface area contributed by atoms with Gasteiger partial charge in [0, 0.05) is 43.3 Å². The third-order valence-electron chi connectivity index (χ3n) is 3.58. The largest absolute Gasteiger partial charge is 0.396 e. The molecule has 2 rings (SSSR count). The minimum absolute atomic E-state index is 0. The van der Waals surface area contributed by atoms with Gasteiger partial charge in [-0.25, -0.2) is 0 Å². The van der Waals surface area contributed by atoms with Crippen LogP contribution in [-0.2, 0) is 0 Å². The van der Waals surface area contributed by atoms with E-state index in [1.807, 2.05) is 0 Å². The molecule has 1 aliphatic heterocycles. The zero-order valence-electron chi connectivity index (χ0n) is 11.2. The third-order valence-corrected chi connectivity index (χ3v) is 4.43. The van der Waals surface area contributed by atoms with Crippen LogP contribution in [0.2, 0.25) is 0 Å². The van der Waals surface area contributed by atoms with E-state index in [-0.39, 0.29) is 19.0 Å². The SMILES string of the molecule is Cc1ccc([C@H](CCO)N2CCNCC2)cc1Br.Cl. The Morgan fingerprint density at radius 2 is 2.05 bits per heavy atom. The molecule has 0 amide bonds. The number of hydrogen-bond acceptors (Lipinski definition) is 3. The summed E-state index contributed by atoms with van der Waals surface area (Å²) < 4.78 is 1.15. The van der Waals surface area contributed by atoms with Crippen molar-refractivity contribution < 1.29 is 5.11 Å². The zero-order chi connectivity index (χ0) is 13.0. The van der Waals surface area contributed by atoms with E-state index in [1.165, 1.54) is 11.1 Å². The number of rotatable bonds is 4. The summed E-state index contributed by atoms with van der Waals surface area (Å²) in [5, 5.41) is 12.7. The van der Waals surface area contributed by atoms with Gasteiger partial charge in [-0.05, 0) is 30.5 Å². The third kappa shape index (κ3) is 4.43. The highest BCUT2D eigenvalue weighted by Gasteiger charge is 2.21. The summed E-state index contributed by atoms with van der Waals surface area (Å²) in [7, 11) is 0. The number of nitrogens with one attached hydrogen (secondary N) is 1. The van der Waals surface area contributed by atoms with Crippen LogP contribution in [-0.4, -0.2) is 42.8 Å². The first-order chi connectivity index (χ1) is 8.72. The molecule has 0 saturated carbocycles. The van der Waals surface area contributed by atoms with E-state index in [0.29, 0.717) is 6.04 Å². The Balaban J connectivity index is 0.00000180. The summed E-state index contributed by atoms with van der Waals surface area (Å²) in [5.74, 6) is 0. The molecular weight excluding hydrogens is 328 g/mol. The second kappa shape index (κ2) is 8.22. The van der Waals surface area contributed by atoms with Gasteiger partial charge in [0.15, 0.2) is 0 Å². The van der Waals surface area contributed by atoms with Crippen LogP contribution in [0.4, 0.5) is 0 Å². The number of benzene rings is 1. The predicted molar refractivity (Wildman–Crippen MR) is 85.0 cm³/mol. The van der Waals surface area contributed by atoms with E-state index < -0.39 is 0 Å². The van der Waals surface area contributed by atoms with Gasteiger partial charge >= 0.3 is 0 Å². The Morgan fingerprint density at radius 1 is 1.37 bits per heavy atom. The molecule has 1 aromatic carbocycles. The highest BCUT2D eigenvalue weighted by molar-refractivity contribution is 9.10. The van der Waals surface area contributed by atoms with Gasteiger partial charge in [-0.15, -0.1) is 12.4 Å². The fraction of sp³-hybridized carbons (Fsp3) is 0.571. The fourth-order valence-corrected chi connectivity index (χ4v) is 2.89. The summed E-state index contributed by atoms with van der Waals surface area (Å²) in [6.07, 6.45) is 0.801. The Bertz CT molecular complexity index is 397. The number of piperazine rings is 1. The predicted octanol–water partition coefficient (Wildman–Crippen LogP) is 2.51. The molecule has 0 radical (unpaired) electrons. The van der Waals surface area contributed by atoms with Crippen molar-refractivity contribution in [2.45, 2.75) is 19.4 Å². The van der Waals surface area contributed by atoms with Gasteiger partial charge in [0.25, 0.3) is 0 Å². The van der Waals surface area contributed by atoms with Crippen LogP contribution in [0.1, 0.15) is 23.6 Å². The minimum atomic E-state index is 0. The molecule has 1 saturated heterocycles. The molecule has 1 atom stereocenters. The molecule has 108 valence electrons. The van der Waals surface area contributed by atoms with Crippen molar-refractivity contribution in [2.24, 2.45) is 0 Å². The number of aliphatic hydroxyl groups excluding tert-OH is 1. The van der Waals surface area contributed by atoms with E-state index in [1.54, 1.807) is 0 Å². The standard InChI is InChI=1S/C14H21BrN2O.ClH/c1-11-2-3-12(10-13(11)15)14(4-9-18)17-7-5-16-6-8-17;/h2-3,10,14,16,18H,4-9H2,1H3;1H/t14-;/m0./s1. The van der Waals surface area contributed by atoms with Crippen LogP contribution in [0.15, 0.2) is 22.7 Å². The molecule has 19 heavy (non-hydrogen) atoms. The lowest BCUT2D eigenvalue weighted by Gasteiger charge is -2.35. The van der Waals surface area contributed by atoms with Gasteiger partial charge in [-0.1, -0.05) is 28.1 Å². The lowest BCUT2D eigenvalue weighted by molar-refractivity contribution is 0.141. The average Bonchev–Trinajstić information content (AvgIpc) is 2.40. The maximum atomic E-state index is 9.30. The van der Waals surface area contributed by atoms with Crippen LogP contribution in [0.3, 0.4) is 0 Å². The topological polar surface area (TPSA) is 35.5 Å². The number of aryl methyl sites for hydroxylation is 1. The highest BCUT2D eigenvalue weighted by Crippen LogP contribution is 2.28. The second-order valence-corrected chi connectivity index (χ2v) is 5.68. The first-order valence-electron chi connectivity index (χ1n) is 6.54. The van der Waals surface area contributed by atoms with Crippen LogP contribution in [0, 0.1) is 6.92 Å². The van der Waals surface area contributed by atoms with Gasteiger partial charge in [0.2, 0.25) is 0 Å². The lowest BCUT2D eigenvalue weighted by Crippen LogP contribution is -2.45. The van der Waals surface area contributed by atoms with Crippen molar-refractivity contribution in [2.75, 3.05) is 32.8 Å². The van der Waals surface area contributed by atoms with Gasteiger partial charge in [-0.2, -0.15) is 0 Å². The van der Waals surface area contributed by atoms with E-state index in [2.05, 4.69) is 51.3 Å². The van der Waals surface area contributed by atoms with Gasteiger partial charge in [0.05, 0.1) is 0 Å². The first-order valence-corrected chi connectivity index (χ1v) is 7.33. The molecule has 0 aromatic heterocycles. The first kappa shape index (κ1) is 16.9. The van der Waals surface area contributed by atoms with Crippen molar-refractivity contribution in [3.63, 3.8) is 0 Å². The molecule has 0 unspecified atom stereocenters. The molecule has 1 aliphatic rings. The van der Waals surface area contributed by atoms with Crippen molar-refractivity contribution in [3.05, 3.63) is 33.8 Å². The number of hydrogen-bond donors (Lipinski definition) is 2. The summed E-state index contributed by atoms with van der Waals surface area (Å²) in [5.41, 5.74) is 2.55. The Hall–Kier alpha value is -0.130. The summed E-state index contributed by atoms with van der Waals surface area (Å²) in [6.45, 7) is 6.51. The zero-order valence-corrected chi connectivity index (χ0v) is 13.6. The average molecular weight is 350 g/mol. The van der Waals surface area contributed by atoms with Gasteiger partial charge < -0.3 is 10.4 Å². The van der Waals surface area contributed by atoms with Crippen molar-refractivity contribution in [3.8, 4) is 0 Å². The minimum Gasteiger partial charge on any atom is -0.396 e. The maximum absolute atomic E-state index is 9.30. The number of aliphatic hydroxyl groups is 1. The van der Waals surface area contributed by atoms with E-state index in [0.717, 1.165) is 37.1 Å². The molecule has 5 heteroatoms. The number of nitrogens with zero attached hydrogens (tertiary/aromatic N) is 1. The van der Waals surface area contributed by atoms with E-state index >= 15 is 0 Å². The van der Waals surface area contributed by atoms with Crippen molar-refractivity contribution >= 4 is 28.3 Å². The van der Waals surface area contributed by atoms with E-state index in [9.17, 15) is 5.11 Å². The highest BCUT2D eigenvalue weighted by atomic mass is 79.9. The lowest BCUT2D eigenvalue weighted by atomic mass is 10.0. The Kier molecular flexibility index (Phi) is 7.32. The summed E-state index contributed by atoms with van der Waals surface area (Å²) in [4.78, 5) is 2.46. The molecule has 0 bridgehead atoms. The van der Waals surface area contributed by atoms with E-state index in [4.69, 9.17) is 0 Å². The van der Waals surface area contributed by atoms with Gasteiger partial charge in [-0.3, -0.25) is 4.90 Å². The molecule has 0 aliphatic carbocycles. The molecule has 1 fully saturated rings. The maximum Gasteiger partial charge on any atom is 0.0449 e. The molecular formula is C14H22BrClN2O. The van der Waals surface area contributed by atoms with Crippen molar-refractivity contribution in [1.29, 1.82) is 0 Å². The normalized spacial score (nSPS) is 17.8. The van der Waals surface area contributed by atoms with Crippen LogP contribution >= 0.6 is 28.3 Å². The molecule has 1 aromatic rings. The monoisotopic (exact) mass is 348 g/mol. The fourth-order valence-electron chi connectivity index (χ4n) is 2.49. The Morgan fingerprint density at radius 3 is 2.63 bits per heavy atom. The second-order valence-electron chi connectivity index (χ2n) is 4.82. The Labute approximate surface area is 129 Å². The van der Waals surface area contributed by atoms with Gasteiger partial charge in [0.1, 0.15) is 0 Å². The molecule has 3 nitrogen and oxygen atoms in total. The van der Waals surface area contributed by atoms with Crippen LogP contribution < -0.4 is 5.32 Å². The molecule has 0 spiro atoms. The van der Waals surface area contributed by atoms with Crippen molar-refractivity contribution in [1.82, 2.24) is 10.2 Å². The van der Waals surface area contributed by atoms with Crippen LogP contribution in [0.5, 0.6) is 0 Å².